The molecular weight excluding hydrogens is 219 g/mol. The Morgan fingerprint density at radius 3 is 3.07 bits per heavy atom. The second-order valence-electron chi connectivity index (χ2n) is 2.81. The molecule has 4 heteroatoms. The van der Waals surface area contributed by atoms with Crippen molar-refractivity contribution < 1.29 is 9.13 Å². The maximum absolute atomic E-state index is 13.6. The molecule has 2 rings (SSSR count). The van der Waals surface area contributed by atoms with Crippen molar-refractivity contribution in [2.75, 3.05) is 6.61 Å². The zero-order chi connectivity index (χ0) is 10.1. The van der Waals surface area contributed by atoms with E-state index in [4.69, 9.17) is 4.74 Å². The molecule has 1 aromatic heterocycles. The van der Waals surface area contributed by atoms with E-state index < -0.39 is 0 Å². The molecule has 2 aromatic rings. The van der Waals surface area contributed by atoms with Crippen molar-refractivity contribution in [2.24, 2.45) is 0 Å². The van der Waals surface area contributed by atoms with Gasteiger partial charge in [0, 0.05) is 4.90 Å². The number of hydrogen-bond donors (Lipinski definition) is 1. The highest BCUT2D eigenvalue weighted by Gasteiger charge is 2.13. The number of rotatable bonds is 2. The van der Waals surface area contributed by atoms with Gasteiger partial charge in [-0.05, 0) is 29.8 Å². The second kappa shape index (κ2) is 3.79. The minimum absolute atomic E-state index is 0.324. The zero-order valence-corrected chi connectivity index (χ0v) is 9.29. The smallest absolute Gasteiger partial charge is 0.179 e. The molecule has 1 heterocycles. The van der Waals surface area contributed by atoms with Gasteiger partial charge in [0.1, 0.15) is 0 Å². The molecule has 0 unspecified atom stereocenters. The number of fused-ring (bicyclic) bond motifs is 1. The first-order valence-corrected chi connectivity index (χ1v) is 5.58. The minimum atomic E-state index is -0.370. The van der Waals surface area contributed by atoms with E-state index in [1.807, 2.05) is 18.4 Å². The summed E-state index contributed by atoms with van der Waals surface area (Å²) in [7, 11) is 0. The molecule has 0 fully saturated rings. The number of thiophene rings is 1. The summed E-state index contributed by atoms with van der Waals surface area (Å²) in [6.07, 6.45) is 0. The Bertz CT molecular complexity index is 464. The fourth-order valence-corrected chi connectivity index (χ4v) is 2.43. The van der Waals surface area contributed by atoms with Gasteiger partial charge in [0.05, 0.1) is 11.3 Å². The van der Waals surface area contributed by atoms with E-state index in [-0.39, 0.29) is 5.82 Å². The van der Waals surface area contributed by atoms with Gasteiger partial charge in [-0.2, -0.15) is 0 Å². The number of thiol groups is 1. The lowest BCUT2D eigenvalue weighted by atomic mass is 10.2. The van der Waals surface area contributed by atoms with E-state index in [9.17, 15) is 4.39 Å². The van der Waals surface area contributed by atoms with Crippen LogP contribution in [-0.2, 0) is 0 Å². The normalized spacial score (nSPS) is 10.8. The van der Waals surface area contributed by atoms with Crippen LogP contribution < -0.4 is 4.74 Å². The lowest BCUT2D eigenvalue weighted by molar-refractivity contribution is 0.323. The number of hydrogen-bond acceptors (Lipinski definition) is 3. The van der Waals surface area contributed by atoms with E-state index in [0.29, 0.717) is 17.3 Å². The van der Waals surface area contributed by atoms with E-state index in [0.717, 1.165) is 10.1 Å². The van der Waals surface area contributed by atoms with Gasteiger partial charge in [-0.1, -0.05) is 0 Å². The summed E-state index contributed by atoms with van der Waals surface area (Å²) in [6, 6.07) is 3.65. The maximum atomic E-state index is 13.6. The predicted octanol–water partition coefficient (Wildman–Crippen LogP) is 3.73. The van der Waals surface area contributed by atoms with E-state index in [1.165, 1.54) is 11.3 Å². The Kier molecular flexibility index (Phi) is 2.65. The molecule has 0 radical (unpaired) electrons. The zero-order valence-electron chi connectivity index (χ0n) is 7.58. The second-order valence-corrected chi connectivity index (χ2v) is 4.21. The summed E-state index contributed by atoms with van der Waals surface area (Å²) >= 11 is 5.54. The fraction of sp³-hybridized carbons (Fsp3) is 0.200. The van der Waals surface area contributed by atoms with Crippen molar-refractivity contribution in [1.82, 2.24) is 0 Å². The van der Waals surface area contributed by atoms with Crippen molar-refractivity contribution in [3.63, 3.8) is 0 Å². The average molecular weight is 228 g/mol. The SMILES string of the molecule is CCOc1c(F)c(S)cc2ccsc12. The van der Waals surface area contributed by atoms with Gasteiger partial charge in [0.25, 0.3) is 0 Å². The minimum Gasteiger partial charge on any atom is -0.489 e. The first-order valence-electron chi connectivity index (χ1n) is 4.25. The van der Waals surface area contributed by atoms with Gasteiger partial charge in [-0.3, -0.25) is 0 Å². The Balaban J connectivity index is 2.73. The number of ether oxygens (including phenoxy) is 1. The molecule has 0 amide bonds. The third-order valence-electron chi connectivity index (χ3n) is 1.91. The van der Waals surface area contributed by atoms with Crippen LogP contribution >= 0.6 is 24.0 Å². The third kappa shape index (κ3) is 1.48. The Labute approximate surface area is 90.9 Å². The van der Waals surface area contributed by atoms with Gasteiger partial charge in [0.2, 0.25) is 0 Å². The van der Waals surface area contributed by atoms with Crippen LogP contribution in [0.4, 0.5) is 4.39 Å². The highest BCUT2D eigenvalue weighted by molar-refractivity contribution is 7.80. The van der Waals surface area contributed by atoms with Crippen molar-refractivity contribution in [3.05, 3.63) is 23.3 Å². The van der Waals surface area contributed by atoms with Gasteiger partial charge in [0.15, 0.2) is 11.6 Å². The van der Waals surface area contributed by atoms with E-state index in [2.05, 4.69) is 12.6 Å². The van der Waals surface area contributed by atoms with Crippen LogP contribution in [0, 0.1) is 5.82 Å². The van der Waals surface area contributed by atoms with Gasteiger partial charge in [-0.15, -0.1) is 24.0 Å². The summed E-state index contributed by atoms with van der Waals surface area (Å²) in [5, 5.41) is 2.89. The van der Waals surface area contributed by atoms with Crippen LogP contribution in [0.1, 0.15) is 6.92 Å². The van der Waals surface area contributed by atoms with E-state index >= 15 is 0 Å². The number of benzene rings is 1. The van der Waals surface area contributed by atoms with Crippen LogP contribution in [0.15, 0.2) is 22.4 Å². The van der Waals surface area contributed by atoms with Gasteiger partial charge < -0.3 is 4.74 Å². The maximum Gasteiger partial charge on any atom is 0.179 e. The topological polar surface area (TPSA) is 9.23 Å². The summed E-state index contributed by atoms with van der Waals surface area (Å²) in [6.45, 7) is 2.30. The first kappa shape index (κ1) is 9.80. The first-order chi connectivity index (χ1) is 6.74. The lowest BCUT2D eigenvalue weighted by Gasteiger charge is -2.07. The van der Waals surface area contributed by atoms with E-state index in [1.54, 1.807) is 6.07 Å². The lowest BCUT2D eigenvalue weighted by Crippen LogP contribution is -1.95. The summed E-state index contributed by atoms with van der Waals surface area (Å²) < 4.78 is 19.7. The average Bonchev–Trinajstić information content (AvgIpc) is 2.60. The summed E-state index contributed by atoms with van der Waals surface area (Å²) in [5.41, 5.74) is 0. The Hall–Kier alpha value is -0.740. The molecular formula is C10H9FOS2. The van der Waals surface area contributed by atoms with Crippen LogP contribution in [0.5, 0.6) is 5.75 Å². The van der Waals surface area contributed by atoms with Crippen molar-refractivity contribution in [3.8, 4) is 5.75 Å². The largest absolute Gasteiger partial charge is 0.489 e. The molecule has 0 aliphatic heterocycles. The van der Waals surface area contributed by atoms with Gasteiger partial charge in [-0.25, -0.2) is 4.39 Å². The molecule has 0 saturated heterocycles. The predicted molar refractivity (Wildman–Crippen MR) is 60.2 cm³/mol. The van der Waals surface area contributed by atoms with Crippen LogP contribution in [0.2, 0.25) is 0 Å². The molecule has 74 valence electrons. The summed E-state index contributed by atoms with van der Waals surface area (Å²) in [4.78, 5) is 0.333. The quantitative estimate of drug-likeness (QED) is 0.771. The van der Waals surface area contributed by atoms with Crippen molar-refractivity contribution >= 4 is 34.1 Å². The molecule has 0 aliphatic carbocycles. The molecule has 0 saturated carbocycles. The Morgan fingerprint density at radius 2 is 2.36 bits per heavy atom. The monoisotopic (exact) mass is 228 g/mol. The highest BCUT2D eigenvalue weighted by atomic mass is 32.1. The van der Waals surface area contributed by atoms with Crippen LogP contribution in [0.3, 0.4) is 0 Å². The standard InChI is InChI=1S/C10H9FOS2/c1-2-12-9-8(11)7(13)5-6-3-4-14-10(6)9/h3-5,13H,2H2,1H3. The number of halogens is 1. The molecule has 0 N–H and O–H groups in total. The fourth-order valence-electron chi connectivity index (χ4n) is 1.32. The summed E-state index contributed by atoms with van der Waals surface area (Å²) in [5.74, 6) is -0.0462. The van der Waals surface area contributed by atoms with Crippen molar-refractivity contribution in [2.45, 2.75) is 11.8 Å². The molecule has 1 nitrogen and oxygen atoms in total. The molecule has 14 heavy (non-hydrogen) atoms. The van der Waals surface area contributed by atoms with Crippen LogP contribution in [-0.4, -0.2) is 6.61 Å². The highest BCUT2D eigenvalue weighted by Crippen LogP contribution is 2.36. The molecule has 0 atom stereocenters. The molecule has 1 aromatic carbocycles. The van der Waals surface area contributed by atoms with Gasteiger partial charge >= 0.3 is 0 Å². The molecule has 0 spiro atoms. The van der Waals surface area contributed by atoms with Crippen LogP contribution in [0.25, 0.3) is 10.1 Å². The molecule has 0 aliphatic rings. The molecule has 0 bridgehead atoms. The Morgan fingerprint density at radius 1 is 1.57 bits per heavy atom. The van der Waals surface area contributed by atoms with Crippen molar-refractivity contribution in [1.29, 1.82) is 0 Å². The third-order valence-corrected chi connectivity index (χ3v) is 3.16.